The second kappa shape index (κ2) is 8.67. The molecule has 0 radical (unpaired) electrons. The molecule has 1 aromatic carbocycles. The number of nitrogens with one attached hydrogen (secondary N) is 1. The molecule has 0 bridgehead atoms. The number of hydrogen-bond donors (Lipinski definition) is 1. The van der Waals surface area contributed by atoms with Gasteiger partial charge in [-0.2, -0.15) is 0 Å². The van der Waals surface area contributed by atoms with E-state index < -0.39 is 11.9 Å². The maximum Gasteiger partial charge on any atom is 0.336 e. The van der Waals surface area contributed by atoms with E-state index in [1.165, 1.54) is 0 Å². The van der Waals surface area contributed by atoms with Crippen molar-refractivity contribution in [3.63, 3.8) is 0 Å². The summed E-state index contributed by atoms with van der Waals surface area (Å²) in [6.45, 7) is 6.07. The van der Waals surface area contributed by atoms with Gasteiger partial charge in [-0.3, -0.25) is 4.79 Å². The predicted octanol–water partition coefficient (Wildman–Crippen LogP) is 2.54. The first-order valence-electron chi connectivity index (χ1n) is 8.36. The minimum absolute atomic E-state index is 0.0132. The Morgan fingerprint density at radius 2 is 2.00 bits per heavy atom. The molecule has 0 aromatic heterocycles. The van der Waals surface area contributed by atoms with E-state index in [9.17, 15) is 9.59 Å². The van der Waals surface area contributed by atoms with Crippen LogP contribution in [0.1, 0.15) is 38.7 Å². The predicted molar refractivity (Wildman–Crippen MR) is 93.2 cm³/mol. The van der Waals surface area contributed by atoms with Crippen molar-refractivity contribution < 1.29 is 23.8 Å². The molecule has 6 nitrogen and oxygen atoms in total. The minimum Gasteiger partial charge on any atom is -0.491 e. The molecule has 0 saturated carbocycles. The number of benzene rings is 1. The van der Waals surface area contributed by atoms with E-state index in [2.05, 4.69) is 5.32 Å². The zero-order valence-corrected chi connectivity index (χ0v) is 15.1. The van der Waals surface area contributed by atoms with Crippen LogP contribution in [0.5, 0.6) is 5.75 Å². The number of carbonyl (C=O) groups is 2. The molecule has 1 aliphatic heterocycles. The van der Waals surface area contributed by atoms with E-state index in [0.29, 0.717) is 23.6 Å². The summed E-state index contributed by atoms with van der Waals surface area (Å²) in [7, 11) is 1.54. The van der Waals surface area contributed by atoms with E-state index in [1.54, 1.807) is 14.0 Å². The lowest BCUT2D eigenvalue weighted by Gasteiger charge is -2.28. The molecule has 0 saturated heterocycles. The summed E-state index contributed by atoms with van der Waals surface area (Å²) in [6.07, 6.45) is 0.158. The summed E-state index contributed by atoms with van der Waals surface area (Å²) < 4.78 is 16.1. The van der Waals surface area contributed by atoms with Crippen LogP contribution in [0.4, 0.5) is 0 Å². The van der Waals surface area contributed by atoms with Crippen LogP contribution in [0.3, 0.4) is 0 Å². The molecular formula is C19H25NO5. The highest BCUT2D eigenvalue weighted by Crippen LogP contribution is 2.38. The van der Waals surface area contributed by atoms with E-state index in [0.717, 1.165) is 5.56 Å². The first kappa shape index (κ1) is 19.0. The Hall–Kier alpha value is -2.34. The van der Waals surface area contributed by atoms with Gasteiger partial charge in [0.05, 0.1) is 18.3 Å². The molecule has 136 valence electrons. The van der Waals surface area contributed by atoms with E-state index >= 15 is 0 Å². The van der Waals surface area contributed by atoms with Crippen molar-refractivity contribution in [1.82, 2.24) is 5.32 Å². The molecule has 6 heteroatoms. The molecule has 0 fully saturated rings. The maximum absolute atomic E-state index is 12.6. The summed E-state index contributed by atoms with van der Waals surface area (Å²) >= 11 is 0. The minimum atomic E-state index is -0.445. The number of methoxy groups -OCH3 is 1. The molecule has 1 aromatic rings. The number of amides is 1. The number of carbonyl (C=O) groups excluding carboxylic acids is 2. The van der Waals surface area contributed by atoms with Crippen LogP contribution in [0.25, 0.3) is 0 Å². The van der Waals surface area contributed by atoms with Gasteiger partial charge in [-0.1, -0.05) is 18.2 Å². The molecule has 1 atom stereocenters. The van der Waals surface area contributed by atoms with Gasteiger partial charge in [0.2, 0.25) is 5.91 Å². The van der Waals surface area contributed by atoms with Crippen molar-refractivity contribution in [2.45, 2.75) is 39.2 Å². The van der Waals surface area contributed by atoms with Crippen molar-refractivity contribution >= 4 is 11.9 Å². The van der Waals surface area contributed by atoms with Gasteiger partial charge in [-0.15, -0.1) is 0 Å². The van der Waals surface area contributed by atoms with Gasteiger partial charge in [0.1, 0.15) is 12.4 Å². The average molecular weight is 347 g/mol. The Bertz CT molecular complexity index is 666. The SMILES string of the molecule is COCCOC(=O)C1=C(C)NC(=O)CC1c1ccccc1OC(C)C. The second-order valence-electron chi connectivity index (χ2n) is 6.18. The third kappa shape index (κ3) is 4.82. The van der Waals surface area contributed by atoms with E-state index in [1.807, 2.05) is 38.1 Å². The Labute approximate surface area is 148 Å². The number of rotatable bonds is 7. The summed E-state index contributed by atoms with van der Waals surface area (Å²) in [6, 6.07) is 7.48. The molecular weight excluding hydrogens is 322 g/mol. The average Bonchev–Trinajstić information content (AvgIpc) is 2.54. The number of ether oxygens (including phenoxy) is 3. The molecule has 1 amide bonds. The van der Waals surface area contributed by atoms with E-state index in [4.69, 9.17) is 14.2 Å². The highest BCUT2D eigenvalue weighted by atomic mass is 16.6. The lowest BCUT2D eigenvalue weighted by Crippen LogP contribution is -2.34. The van der Waals surface area contributed by atoms with Gasteiger partial charge in [0.15, 0.2) is 0 Å². The zero-order valence-electron chi connectivity index (χ0n) is 15.1. The van der Waals surface area contributed by atoms with Crippen LogP contribution in [0.2, 0.25) is 0 Å². The van der Waals surface area contributed by atoms with Crippen LogP contribution in [-0.2, 0) is 19.1 Å². The van der Waals surface area contributed by atoms with Gasteiger partial charge < -0.3 is 19.5 Å². The van der Waals surface area contributed by atoms with Gasteiger partial charge in [0, 0.05) is 30.7 Å². The van der Waals surface area contributed by atoms with Crippen molar-refractivity contribution in [2.75, 3.05) is 20.3 Å². The molecule has 1 N–H and O–H groups in total. The molecule has 1 aliphatic rings. The largest absolute Gasteiger partial charge is 0.491 e. The number of allylic oxidation sites excluding steroid dienone is 1. The standard InChI is InChI=1S/C19H25NO5/c1-12(2)25-16-8-6-5-7-14(16)15-11-17(21)20-13(3)18(15)19(22)24-10-9-23-4/h5-8,12,15H,9-11H2,1-4H3,(H,20,21). The van der Waals surface area contributed by atoms with Gasteiger partial charge in [-0.05, 0) is 26.8 Å². The van der Waals surface area contributed by atoms with Gasteiger partial charge in [0.25, 0.3) is 0 Å². The highest BCUT2D eigenvalue weighted by molar-refractivity contribution is 5.96. The Morgan fingerprint density at radius 1 is 1.28 bits per heavy atom. The van der Waals surface area contributed by atoms with Crippen molar-refractivity contribution in [1.29, 1.82) is 0 Å². The lowest BCUT2D eigenvalue weighted by molar-refractivity contribution is -0.140. The monoisotopic (exact) mass is 347 g/mol. The smallest absolute Gasteiger partial charge is 0.336 e. The maximum atomic E-state index is 12.6. The Kier molecular flexibility index (Phi) is 6.58. The third-order valence-electron chi connectivity index (χ3n) is 3.87. The van der Waals surface area contributed by atoms with Gasteiger partial charge >= 0.3 is 5.97 Å². The Balaban J connectivity index is 2.38. The lowest BCUT2D eigenvalue weighted by atomic mass is 9.84. The van der Waals surface area contributed by atoms with Gasteiger partial charge in [-0.25, -0.2) is 4.79 Å². The normalized spacial score (nSPS) is 17.5. The van der Waals surface area contributed by atoms with Crippen molar-refractivity contribution in [3.05, 3.63) is 41.1 Å². The zero-order chi connectivity index (χ0) is 18.4. The summed E-state index contributed by atoms with van der Waals surface area (Å²) in [4.78, 5) is 24.6. The van der Waals surface area contributed by atoms with Crippen molar-refractivity contribution in [2.24, 2.45) is 0 Å². The molecule has 2 rings (SSSR count). The van der Waals surface area contributed by atoms with Crippen LogP contribution in [0, 0.1) is 0 Å². The van der Waals surface area contributed by atoms with Crippen LogP contribution in [0.15, 0.2) is 35.5 Å². The molecule has 1 heterocycles. The summed E-state index contributed by atoms with van der Waals surface area (Å²) in [5.41, 5.74) is 1.78. The van der Waals surface area contributed by atoms with Crippen LogP contribution < -0.4 is 10.1 Å². The molecule has 0 aliphatic carbocycles. The molecule has 25 heavy (non-hydrogen) atoms. The highest BCUT2D eigenvalue weighted by Gasteiger charge is 2.34. The topological polar surface area (TPSA) is 73.9 Å². The van der Waals surface area contributed by atoms with E-state index in [-0.39, 0.29) is 25.0 Å². The number of esters is 1. The fourth-order valence-corrected chi connectivity index (χ4v) is 2.86. The first-order valence-corrected chi connectivity index (χ1v) is 8.36. The van der Waals surface area contributed by atoms with Crippen LogP contribution >= 0.6 is 0 Å². The Morgan fingerprint density at radius 3 is 2.68 bits per heavy atom. The second-order valence-corrected chi connectivity index (χ2v) is 6.18. The summed E-state index contributed by atoms with van der Waals surface area (Å²) in [5.74, 6) is -0.305. The number of para-hydroxylation sites is 1. The third-order valence-corrected chi connectivity index (χ3v) is 3.87. The fraction of sp³-hybridized carbons (Fsp3) is 0.474. The molecule has 1 unspecified atom stereocenters. The quantitative estimate of drug-likeness (QED) is 0.606. The van der Waals surface area contributed by atoms with Crippen LogP contribution in [-0.4, -0.2) is 38.3 Å². The molecule has 0 spiro atoms. The first-order chi connectivity index (χ1) is 11.9. The fourth-order valence-electron chi connectivity index (χ4n) is 2.86. The van der Waals surface area contributed by atoms with Crippen molar-refractivity contribution in [3.8, 4) is 5.75 Å². The summed E-state index contributed by atoms with van der Waals surface area (Å²) in [5, 5.41) is 2.73. The number of hydrogen-bond acceptors (Lipinski definition) is 5.